The highest BCUT2D eigenvalue weighted by Gasteiger charge is 2.17. The summed E-state index contributed by atoms with van der Waals surface area (Å²) < 4.78 is 26.7. The Labute approximate surface area is 120 Å². The zero-order valence-electron chi connectivity index (χ0n) is 10.9. The average molecular weight is 311 g/mol. The molecule has 0 spiro atoms. The van der Waals surface area contributed by atoms with Crippen molar-refractivity contribution >= 4 is 38.0 Å². The number of thiazole rings is 1. The molecule has 0 bridgehead atoms. The lowest BCUT2D eigenvalue weighted by Gasteiger charge is -2.07. The van der Waals surface area contributed by atoms with E-state index in [-0.39, 0.29) is 21.5 Å². The quantitative estimate of drug-likeness (QED) is 0.664. The van der Waals surface area contributed by atoms with Crippen LogP contribution >= 0.6 is 11.3 Å². The Morgan fingerprint density at radius 3 is 2.60 bits per heavy atom. The first-order chi connectivity index (χ1) is 9.28. The van der Waals surface area contributed by atoms with E-state index in [1.54, 1.807) is 13.0 Å². The van der Waals surface area contributed by atoms with Gasteiger partial charge in [0.05, 0.1) is 4.90 Å². The first-order valence-corrected chi connectivity index (χ1v) is 8.00. The molecule has 3 N–H and O–H groups in total. The van der Waals surface area contributed by atoms with Gasteiger partial charge in [-0.3, -0.25) is 9.52 Å². The number of aromatic nitrogens is 1. The van der Waals surface area contributed by atoms with Gasteiger partial charge in [0.15, 0.2) is 10.9 Å². The van der Waals surface area contributed by atoms with Crippen molar-refractivity contribution in [2.24, 2.45) is 0 Å². The Morgan fingerprint density at radius 1 is 1.35 bits per heavy atom. The number of carbonyl (C=O) groups excluding carboxylic acids is 1. The molecule has 8 heteroatoms. The standard InChI is InChI=1S/C12H13N3O3S2/c1-7-3-9(13)5-10(4-7)20(17,18)15-12-14-11(6-19-12)8(2)16/h3-6H,13H2,1-2H3,(H,14,15). The van der Waals surface area contributed by atoms with Crippen LogP contribution in [-0.4, -0.2) is 19.2 Å². The van der Waals surface area contributed by atoms with Crippen molar-refractivity contribution in [3.8, 4) is 0 Å². The number of nitrogen functional groups attached to an aromatic ring is 1. The van der Waals surface area contributed by atoms with Gasteiger partial charge in [-0.15, -0.1) is 11.3 Å². The van der Waals surface area contributed by atoms with Crippen molar-refractivity contribution in [3.05, 3.63) is 34.8 Å². The number of ketones is 1. The Balaban J connectivity index is 2.32. The van der Waals surface area contributed by atoms with Crippen molar-refractivity contribution in [1.82, 2.24) is 4.98 Å². The fraction of sp³-hybridized carbons (Fsp3) is 0.167. The number of hydrogen-bond donors (Lipinski definition) is 2. The highest BCUT2D eigenvalue weighted by Crippen LogP contribution is 2.22. The van der Waals surface area contributed by atoms with Gasteiger partial charge in [-0.2, -0.15) is 0 Å². The second kappa shape index (κ2) is 5.22. The molecule has 2 aromatic rings. The van der Waals surface area contributed by atoms with Gasteiger partial charge in [0, 0.05) is 18.0 Å². The van der Waals surface area contributed by atoms with Crippen LogP contribution in [0.15, 0.2) is 28.5 Å². The molecule has 1 aromatic carbocycles. The van der Waals surface area contributed by atoms with Crippen molar-refractivity contribution in [2.45, 2.75) is 18.7 Å². The number of nitrogens with two attached hydrogens (primary N) is 1. The maximum atomic E-state index is 12.2. The first kappa shape index (κ1) is 14.5. The number of carbonyl (C=O) groups is 1. The van der Waals surface area contributed by atoms with Crippen LogP contribution in [0.2, 0.25) is 0 Å². The molecule has 0 amide bonds. The molecule has 1 heterocycles. The second-order valence-corrected chi connectivity index (χ2v) is 6.82. The van der Waals surface area contributed by atoms with Gasteiger partial charge >= 0.3 is 0 Å². The molecule has 106 valence electrons. The molecular formula is C12H13N3O3S2. The van der Waals surface area contributed by atoms with Gasteiger partial charge in [-0.25, -0.2) is 13.4 Å². The Morgan fingerprint density at radius 2 is 2.05 bits per heavy atom. The molecule has 0 aliphatic heterocycles. The van der Waals surface area contributed by atoms with Crippen molar-refractivity contribution < 1.29 is 13.2 Å². The SMILES string of the molecule is CC(=O)c1csc(NS(=O)(=O)c2cc(C)cc(N)c2)n1. The van der Waals surface area contributed by atoms with E-state index >= 15 is 0 Å². The van der Waals surface area contributed by atoms with Crippen LogP contribution in [0, 0.1) is 6.92 Å². The normalized spacial score (nSPS) is 11.3. The molecule has 0 fully saturated rings. The lowest BCUT2D eigenvalue weighted by atomic mass is 10.2. The molecule has 2 rings (SSSR count). The maximum Gasteiger partial charge on any atom is 0.263 e. The minimum atomic E-state index is -3.76. The predicted molar refractivity (Wildman–Crippen MR) is 78.5 cm³/mol. The van der Waals surface area contributed by atoms with E-state index in [2.05, 4.69) is 9.71 Å². The number of aryl methyl sites for hydroxylation is 1. The molecule has 0 radical (unpaired) electrons. The summed E-state index contributed by atoms with van der Waals surface area (Å²) in [6.07, 6.45) is 0. The zero-order valence-corrected chi connectivity index (χ0v) is 12.5. The molecule has 0 aliphatic carbocycles. The lowest BCUT2D eigenvalue weighted by molar-refractivity contribution is 0.101. The summed E-state index contributed by atoms with van der Waals surface area (Å²) >= 11 is 1.05. The van der Waals surface area contributed by atoms with Gasteiger partial charge in [0.2, 0.25) is 0 Å². The molecule has 0 atom stereocenters. The molecule has 0 unspecified atom stereocenters. The van der Waals surface area contributed by atoms with E-state index in [9.17, 15) is 13.2 Å². The molecular weight excluding hydrogens is 298 g/mol. The van der Waals surface area contributed by atoms with E-state index < -0.39 is 10.0 Å². The first-order valence-electron chi connectivity index (χ1n) is 5.64. The van der Waals surface area contributed by atoms with E-state index in [0.717, 1.165) is 16.9 Å². The topological polar surface area (TPSA) is 102 Å². The number of nitrogens with zero attached hydrogens (tertiary/aromatic N) is 1. The van der Waals surface area contributed by atoms with E-state index in [4.69, 9.17) is 5.73 Å². The molecule has 0 saturated heterocycles. The molecule has 20 heavy (non-hydrogen) atoms. The van der Waals surface area contributed by atoms with Gasteiger partial charge < -0.3 is 5.73 Å². The third-order valence-corrected chi connectivity index (χ3v) is 4.68. The van der Waals surface area contributed by atoms with Gasteiger partial charge in [0.25, 0.3) is 10.0 Å². The number of hydrogen-bond acceptors (Lipinski definition) is 6. The van der Waals surface area contributed by atoms with Crippen LogP contribution < -0.4 is 10.5 Å². The number of anilines is 2. The van der Waals surface area contributed by atoms with E-state index in [1.165, 1.54) is 24.4 Å². The Bertz CT molecular complexity index is 746. The summed E-state index contributed by atoms with van der Waals surface area (Å²) in [6.45, 7) is 3.13. The molecule has 0 saturated carbocycles. The summed E-state index contributed by atoms with van der Waals surface area (Å²) in [5, 5.41) is 1.65. The minimum absolute atomic E-state index is 0.0644. The van der Waals surface area contributed by atoms with Crippen LogP contribution in [0.1, 0.15) is 23.0 Å². The van der Waals surface area contributed by atoms with Gasteiger partial charge in [0.1, 0.15) is 5.69 Å². The monoisotopic (exact) mass is 311 g/mol. The summed E-state index contributed by atoms with van der Waals surface area (Å²) in [7, 11) is -3.76. The number of sulfonamides is 1. The summed E-state index contributed by atoms with van der Waals surface area (Å²) in [4.78, 5) is 15.1. The number of Topliss-reactive ketones (excluding diaryl/α,β-unsaturated/α-hetero) is 1. The van der Waals surface area contributed by atoms with Crippen molar-refractivity contribution in [2.75, 3.05) is 10.5 Å². The van der Waals surface area contributed by atoms with Crippen LogP contribution in [-0.2, 0) is 10.0 Å². The predicted octanol–water partition coefficient (Wildman–Crippen LogP) is 2.04. The molecule has 0 aliphatic rings. The summed E-state index contributed by atoms with van der Waals surface area (Å²) in [5.74, 6) is -0.216. The largest absolute Gasteiger partial charge is 0.399 e. The summed E-state index contributed by atoms with van der Waals surface area (Å²) in [5.41, 5.74) is 6.99. The smallest absolute Gasteiger partial charge is 0.263 e. The highest BCUT2D eigenvalue weighted by molar-refractivity contribution is 7.93. The van der Waals surface area contributed by atoms with Crippen molar-refractivity contribution in [1.29, 1.82) is 0 Å². The van der Waals surface area contributed by atoms with E-state index in [1.807, 2.05) is 0 Å². The average Bonchev–Trinajstić information content (AvgIpc) is 2.75. The fourth-order valence-electron chi connectivity index (χ4n) is 1.59. The van der Waals surface area contributed by atoms with Crippen molar-refractivity contribution in [3.63, 3.8) is 0 Å². The molecule has 6 nitrogen and oxygen atoms in total. The molecule has 1 aromatic heterocycles. The van der Waals surface area contributed by atoms with Crippen LogP contribution in [0.5, 0.6) is 0 Å². The van der Waals surface area contributed by atoms with Gasteiger partial charge in [-0.05, 0) is 30.7 Å². The third-order valence-electron chi connectivity index (χ3n) is 2.47. The fourth-order valence-corrected chi connectivity index (χ4v) is 3.73. The lowest BCUT2D eigenvalue weighted by Crippen LogP contribution is -2.13. The van der Waals surface area contributed by atoms with Crippen LogP contribution in [0.4, 0.5) is 10.8 Å². The zero-order chi connectivity index (χ0) is 14.9. The summed E-state index contributed by atoms with van der Waals surface area (Å²) in [6, 6.07) is 4.56. The Hall–Kier alpha value is -1.93. The van der Waals surface area contributed by atoms with Crippen LogP contribution in [0.3, 0.4) is 0 Å². The number of nitrogens with one attached hydrogen (secondary N) is 1. The number of rotatable bonds is 4. The Kier molecular flexibility index (Phi) is 3.78. The number of benzene rings is 1. The second-order valence-electron chi connectivity index (χ2n) is 4.28. The van der Waals surface area contributed by atoms with Gasteiger partial charge in [-0.1, -0.05) is 0 Å². The minimum Gasteiger partial charge on any atom is -0.399 e. The van der Waals surface area contributed by atoms with E-state index in [0.29, 0.717) is 5.69 Å². The maximum absolute atomic E-state index is 12.2. The highest BCUT2D eigenvalue weighted by atomic mass is 32.2. The third kappa shape index (κ3) is 3.14. The van der Waals surface area contributed by atoms with Crippen LogP contribution in [0.25, 0.3) is 0 Å².